The van der Waals surface area contributed by atoms with Crippen LogP contribution in [0.15, 0.2) is 30.3 Å². The van der Waals surface area contributed by atoms with Crippen molar-refractivity contribution < 1.29 is 19.7 Å². The minimum Gasteiger partial charge on any atom is -0.469 e. The van der Waals surface area contributed by atoms with E-state index in [9.17, 15) is 4.79 Å². The summed E-state index contributed by atoms with van der Waals surface area (Å²) < 4.78 is 4.63. The van der Waals surface area contributed by atoms with E-state index in [2.05, 4.69) is 16.5 Å². The summed E-state index contributed by atoms with van der Waals surface area (Å²) in [5.41, 5.74) is 0.990. The van der Waals surface area contributed by atoms with Crippen LogP contribution in [0.2, 0.25) is 0 Å². The molecule has 0 radical (unpaired) electrons. The van der Waals surface area contributed by atoms with Gasteiger partial charge in [-0.1, -0.05) is 50.1 Å². The van der Waals surface area contributed by atoms with Crippen molar-refractivity contribution in [2.24, 2.45) is 0 Å². The highest BCUT2D eigenvalue weighted by molar-refractivity contribution is 5.77. The molecule has 0 aromatic heterocycles. The lowest BCUT2D eigenvalue weighted by atomic mass is 10.0. The number of carbonyl (C=O) groups is 1. The van der Waals surface area contributed by atoms with Crippen molar-refractivity contribution in [3.8, 4) is 0 Å². The van der Waals surface area contributed by atoms with Crippen LogP contribution < -0.4 is 0 Å². The highest BCUT2D eigenvalue weighted by atomic mass is 17.1. The highest BCUT2D eigenvalue weighted by Gasteiger charge is 2.14. The quantitative estimate of drug-likeness (QED) is 0.370. The molecule has 19 heavy (non-hydrogen) atoms. The topological polar surface area (TPSA) is 55.8 Å². The first kappa shape index (κ1) is 17.6. The minimum absolute atomic E-state index is 0.170. The third kappa shape index (κ3) is 8.35. The number of ether oxygens (including phenoxy) is 1. The first-order valence-electron chi connectivity index (χ1n) is 6.56. The van der Waals surface area contributed by atoms with Crippen LogP contribution in [-0.2, 0) is 14.4 Å². The molecule has 4 nitrogen and oxygen atoms in total. The standard InChI is InChI=1S/C10H12O2.C5H12O2/c1-8(10(11)12-2)9-6-4-3-5-7-9;1-2-3-4-5-7-6/h3-8H,1-2H3;6H,2-5H2,1H3. The Labute approximate surface area is 115 Å². The molecule has 1 rings (SSSR count). The molecular formula is C15H24O4. The van der Waals surface area contributed by atoms with Gasteiger partial charge in [-0.3, -0.25) is 10.1 Å². The van der Waals surface area contributed by atoms with Gasteiger partial charge in [0.15, 0.2) is 0 Å². The van der Waals surface area contributed by atoms with E-state index in [4.69, 9.17) is 5.26 Å². The van der Waals surface area contributed by atoms with Crippen molar-refractivity contribution in [3.05, 3.63) is 35.9 Å². The van der Waals surface area contributed by atoms with Gasteiger partial charge in [-0.05, 0) is 18.9 Å². The van der Waals surface area contributed by atoms with Crippen molar-refractivity contribution in [1.82, 2.24) is 0 Å². The number of rotatable bonds is 6. The molecule has 0 saturated heterocycles. The third-order valence-electron chi connectivity index (χ3n) is 2.69. The van der Waals surface area contributed by atoms with E-state index >= 15 is 0 Å². The van der Waals surface area contributed by atoms with Crippen LogP contribution in [0.4, 0.5) is 0 Å². The highest BCUT2D eigenvalue weighted by Crippen LogP contribution is 2.15. The zero-order valence-electron chi connectivity index (χ0n) is 12.0. The Kier molecular flexibility index (Phi) is 10.8. The maximum Gasteiger partial charge on any atom is 0.312 e. The monoisotopic (exact) mass is 268 g/mol. The molecule has 1 N–H and O–H groups in total. The average molecular weight is 268 g/mol. The van der Waals surface area contributed by atoms with Crippen molar-refractivity contribution in [3.63, 3.8) is 0 Å². The molecule has 4 heteroatoms. The number of esters is 1. The lowest BCUT2D eigenvalue weighted by Crippen LogP contribution is -2.10. The second kappa shape index (κ2) is 11.7. The Morgan fingerprint density at radius 3 is 2.37 bits per heavy atom. The van der Waals surface area contributed by atoms with Gasteiger partial charge >= 0.3 is 5.97 Å². The Morgan fingerprint density at radius 2 is 1.89 bits per heavy atom. The number of hydrogen-bond donors (Lipinski definition) is 1. The van der Waals surface area contributed by atoms with Gasteiger partial charge in [-0.15, -0.1) is 0 Å². The molecule has 0 heterocycles. The van der Waals surface area contributed by atoms with Crippen LogP contribution in [0.3, 0.4) is 0 Å². The normalized spacial score (nSPS) is 11.2. The molecule has 0 aliphatic carbocycles. The summed E-state index contributed by atoms with van der Waals surface area (Å²) in [5.74, 6) is -0.364. The van der Waals surface area contributed by atoms with E-state index < -0.39 is 0 Å². The first-order valence-corrected chi connectivity index (χ1v) is 6.56. The smallest absolute Gasteiger partial charge is 0.312 e. The maximum absolute atomic E-state index is 11.1. The molecule has 108 valence electrons. The summed E-state index contributed by atoms with van der Waals surface area (Å²) in [5, 5.41) is 7.79. The number of unbranched alkanes of at least 4 members (excludes halogenated alkanes) is 2. The molecule has 0 fully saturated rings. The molecule has 1 unspecified atom stereocenters. The van der Waals surface area contributed by atoms with Gasteiger partial charge < -0.3 is 4.74 Å². The van der Waals surface area contributed by atoms with E-state index in [0.717, 1.165) is 18.4 Å². The molecule has 1 atom stereocenters. The van der Waals surface area contributed by atoms with Gasteiger partial charge in [0.1, 0.15) is 0 Å². The summed E-state index contributed by atoms with van der Waals surface area (Å²) in [7, 11) is 1.40. The first-order chi connectivity index (χ1) is 9.17. The SMILES string of the molecule is CCCCCOO.COC(=O)C(C)c1ccccc1. The second-order valence-electron chi connectivity index (χ2n) is 4.20. The van der Waals surface area contributed by atoms with Gasteiger partial charge in [-0.25, -0.2) is 4.89 Å². The molecule has 0 spiro atoms. The lowest BCUT2D eigenvalue weighted by Gasteiger charge is -2.08. The van der Waals surface area contributed by atoms with E-state index in [1.54, 1.807) is 0 Å². The van der Waals surface area contributed by atoms with E-state index in [0.29, 0.717) is 6.61 Å². The minimum atomic E-state index is -0.193. The van der Waals surface area contributed by atoms with Crippen LogP contribution in [0.5, 0.6) is 0 Å². The van der Waals surface area contributed by atoms with Crippen molar-refractivity contribution >= 4 is 5.97 Å². The molecule has 0 aliphatic heterocycles. The van der Waals surface area contributed by atoms with Gasteiger partial charge in [0, 0.05) is 0 Å². The zero-order chi connectivity index (χ0) is 14.5. The molecule has 0 bridgehead atoms. The fourth-order valence-electron chi connectivity index (χ4n) is 1.47. The molecular weight excluding hydrogens is 244 g/mol. The summed E-state index contributed by atoms with van der Waals surface area (Å²) in [6, 6.07) is 9.58. The van der Waals surface area contributed by atoms with Crippen LogP contribution in [-0.4, -0.2) is 24.9 Å². The van der Waals surface area contributed by atoms with Crippen LogP contribution in [0.1, 0.15) is 44.6 Å². The van der Waals surface area contributed by atoms with Crippen LogP contribution in [0.25, 0.3) is 0 Å². The molecule has 0 amide bonds. The summed E-state index contributed by atoms with van der Waals surface area (Å²) in [4.78, 5) is 14.9. The fourth-order valence-corrected chi connectivity index (χ4v) is 1.47. The Balaban J connectivity index is 0.000000399. The van der Waals surface area contributed by atoms with Gasteiger partial charge in [-0.2, -0.15) is 0 Å². The predicted molar refractivity (Wildman–Crippen MR) is 75.0 cm³/mol. The van der Waals surface area contributed by atoms with Gasteiger partial charge in [0.2, 0.25) is 0 Å². The Bertz CT molecular complexity index is 320. The summed E-state index contributed by atoms with van der Waals surface area (Å²) in [6.45, 7) is 4.42. The molecule has 1 aromatic rings. The lowest BCUT2D eigenvalue weighted by molar-refractivity contribution is -0.242. The van der Waals surface area contributed by atoms with Gasteiger partial charge in [0.25, 0.3) is 0 Å². The number of methoxy groups -OCH3 is 1. The number of carbonyl (C=O) groups excluding carboxylic acids is 1. The van der Waals surface area contributed by atoms with Crippen LogP contribution >= 0.6 is 0 Å². The van der Waals surface area contributed by atoms with Crippen molar-refractivity contribution in [1.29, 1.82) is 0 Å². The maximum atomic E-state index is 11.1. The fraction of sp³-hybridized carbons (Fsp3) is 0.533. The predicted octanol–water partition coefficient (Wildman–Crippen LogP) is 3.63. The number of hydrogen-bond acceptors (Lipinski definition) is 4. The summed E-state index contributed by atoms with van der Waals surface area (Å²) in [6.07, 6.45) is 3.27. The van der Waals surface area contributed by atoms with E-state index in [-0.39, 0.29) is 11.9 Å². The molecule has 1 aromatic carbocycles. The van der Waals surface area contributed by atoms with Crippen molar-refractivity contribution in [2.75, 3.05) is 13.7 Å². The van der Waals surface area contributed by atoms with Crippen LogP contribution in [0, 0.1) is 0 Å². The van der Waals surface area contributed by atoms with Gasteiger partial charge in [0.05, 0.1) is 19.6 Å². The summed E-state index contributed by atoms with van der Waals surface area (Å²) >= 11 is 0. The molecule has 0 aliphatic rings. The Hall–Kier alpha value is -1.39. The zero-order valence-corrected chi connectivity index (χ0v) is 12.0. The third-order valence-corrected chi connectivity index (χ3v) is 2.69. The second-order valence-corrected chi connectivity index (χ2v) is 4.20. The van der Waals surface area contributed by atoms with Crippen molar-refractivity contribution in [2.45, 2.75) is 39.0 Å². The average Bonchev–Trinajstić information content (AvgIpc) is 2.48. The number of benzene rings is 1. The largest absolute Gasteiger partial charge is 0.469 e. The van der Waals surface area contributed by atoms with E-state index in [1.807, 2.05) is 37.3 Å². The Morgan fingerprint density at radius 1 is 1.26 bits per heavy atom. The van der Waals surface area contributed by atoms with E-state index in [1.165, 1.54) is 13.5 Å². The molecule has 0 saturated carbocycles.